The van der Waals surface area contributed by atoms with Crippen LogP contribution in [-0.4, -0.2) is 12.5 Å². The normalized spacial score (nSPS) is 10.3. The molecule has 0 amide bonds. The molecule has 18 heavy (non-hydrogen) atoms. The van der Waals surface area contributed by atoms with Crippen LogP contribution in [0.2, 0.25) is 0 Å². The van der Waals surface area contributed by atoms with E-state index in [0.29, 0.717) is 24.3 Å². The number of hydrogen-bond acceptors (Lipinski definition) is 5. The summed E-state index contributed by atoms with van der Waals surface area (Å²) in [6, 6.07) is 3.72. The quantitative estimate of drug-likeness (QED) is 0.301. The molecule has 0 saturated carbocycles. The predicted molar refractivity (Wildman–Crippen MR) is 64.0 cm³/mol. The second-order valence-corrected chi connectivity index (χ2v) is 3.94. The number of carbonyl (C=O) groups is 1. The summed E-state index contributed by atoms with van der Waals surface area (Å²) in [7, 11) is 0. The summed E-state index contributed by atoms with van der Waals surface area (Å²) in [5.41, 5.74) is 9.21. The van der Waals surface area contributed by atoms with Crippen molar-refractivity contribution < 1.29 is 39.5 Å². The van der Waals surface area contributed by atoms with Crippen molar-refractivity contribution in [1.29, 1.82) is 0 Å². The van der Waals surface area contributed by atoms with Gasteiger partial charge in [-0.3, -0.25) is 0 Å². The van der Waals surface area contributed by atoms with Crippen LogP contribution in [0, 0.1) is 13.8 Å². The first-order chi connectivity index (χ1) is 8.00. The van der Waals surface area contributed by atoms with Crippen LogP contribution in [0.3, 0.4) is 0 Å². The van der Waals surface area contributed by atoms with Gasteiger partial charge < -0.3 is 15.6 Å². The van der Waals surface area contributed by atoms with E-state index < -0.39 is 5.97 Å². The number of benzene rings is 1. The van der Waals surface area contributed by atoms with Crippen molar-refractivity contribution in [2.24, 2.45) is 10.2 Å². The van der Waals surface area contributed by atoms with Gasteiger partial charge >= 0.3 is 29.6 Å². The average molecular weight is 257 g/mol. The number of nitrogens with zero attached hydrogens (tertiary/aromatic N) is 2. The molecule has 6 heteroatoms. The number of hydrogen-bond donors (Lipinski definition) is 1. The van der Waals surface area contributed by atoms with Crippen molar-refractivity contribution in [1.82, 2.24) is 0 Å². The first-order valence-corrected chi connectivity index (χ1v) is 5.45. The molecule has 92 valence electrons. The van der Waals surface area contributed by atoms with Crippen LogP contribution in [0.15, 0.2) is 22.4 Å². The molecule has 0 aromatic heterocycles. The zero-order chi connectivity index (χ0) is 12.8. The fourth-order valence-electron chi connectivity index (χ4n) is 1.33. The van der Waals surface area contributed by atoms with Gasteiger partial charge in [0.05, 0.1) is 12.2 Å². The van der Waals surface area contributed by atoms with Crippen LogP contribution in [0.25, 0.3) is 0 Å². The van der Waals surface area contributed by atoms with Crippen LogP contribution >= 0.6 is 0 Å². The number of rotatable bonds is 5. The Bertz CT molecular complexity index is 447. The molecule has 1 aromatic carbocycles. The van der Waals surface area contributed by atoms with Gasteiger partial charge in [0.1, 0.15) is 5.69 Å². The molecule has 0 bridgehead atoms. The van der Waals surface area contributed by atoms with Crippen molar-refractivity contribution in [3.05, 3.63) is 23.3 Å². The Morgan fingerprint density at radius 1 is 1.33 bits per heavy atom. The molecule has 0 aliphatic heterocycles. The molecular weight excluding hydrogens is 241 g/mol. The topological polar surface area (TPSA) is 90.9 Å². The fourth-order valence-corrected chi connectivity index (χ4v) is 1.33. The summed E-state index contributed by atoms with van der Waals surface area (Å²) < 4.78 is 0. The second-order valence-electron chi connectivity index (χ2n) is 3.94. The van der Waals surface area contributed by atoms with Crippen molar-refractivity contribution in [2.45, 2.75) is 26.7 Å². The number of azo groups is 1. The third-order valence-corrected chi connectivity index (χ3v) is 2.46. The van der Waals surface area contributed by atoms with E-state index in [2.05, 4.69) is 10.2 Å². The van der Waals surface area contributed by atoms with E-state index in [9.17, 15) is 9.90 Å². The SMILES string of the molecule is Cc1cc(N)c(N=NCCCC(=O)[O-])cc1C.[Na+]. The largest absolute Gasteiger partial charge is 1.00 e. The van der Waals surface area contributed by atoms with E-state index >= 15 is 0 Å². The molecular formula is C12H16N3NaO2. The first-order valence-electron chi connectivity index (χ1n) is 5.45. The number of carbonyl (C=O) groups excluding carboxylic acids is 1. The number of anilines is 1. The zero-order valence-corrected chi connectivity index (χ0v) is 13.1. The minimum Gasteiger partial charge on any atom is -0.550 e. The van der Waals surface area contributed by atoms with Gasteiger partial charge in [0.15, 0.2) is 0 Å². The van der Waals surface area contributed by atoms with Gasteiger partial charge in [0.2, 0.25) is 0 Å². The fraction of sp³-hybridized carbons (Fsp3) is 0.417. The van der Waals surface area contributed by atoms with Crippen LogP contribution in [0.4, 0.5) is 11.4 Å². The predicted octanol–water partition coefficient (Wildman–Crippen LogP) is -1.50. The Kier molecular flexibility index (Phi) is 7.82. The van der Waals surface area contributed by atoms with Gasteiger partial charge in [-0.1, -0.05) is 0 Å². The van der Waals surface area contributed by atoms with Crippen LogP contribution in [0.5, 0.6) is 0 Å². The van der Waals surface area contributed by atoms with Gasteiger partial charge in [-0.25, -0.2) is 0 Å². The maximum Gasteiger partial charge on any atom is 1.00 e. The van der Waals surface area contributed by atoms with E-state index in [4.69, 9.17) is 5.73 Å². The number of aryl methyl sites for hydroxylation is 2. The third kappa shape index (κ3) is 5.62. The van der Waals surface area contributed by atoms with Crippen molar-refractivity contribution in [2.75, 3.05) is 12.3 Å². The number of nitrogens with two attached hydrogens (primary N) is 1. The number of aliphatic carboxylic acids is 1. The van der Waals surface area contributed by atoms with Gasteiger partial charge in [-0.2, -0.15) is 10.2 Å². The molecule has 2 N–H and O–H groups in total. The van der Waals surface area contributed by atoms with Crippen LogP contribution in [0.1, 0.15) is 24.0 Å². The van der Waals surface area contributed by atoms with Crippen molar-refractivity contribution in [3.63, 3.8) is 0 Å². The summed E-state index contributed by atoms with van der Waals surface area (Å²) in [6.45, 7) is 4.32. The molecule has 5 nitrogen and oxygen atoms in total. The maximum atomic E-state index is 10.2. The summed E-state index contributed by atoms with van der Waals surface area (Å²) in [6.07, 6.45) is 0.429. The summed E-state index contributed by atoms with van der Waals surface area (Å²) in [4.78, 5) is 10.2. The molecule has 0 heterocycles. The maximum absolute atomic E-state index is 10.2. The van der Waals surface area contributed by atoms with Gasteiger partial charge in [0, 0.05) is 5.97 Å². The molecule has 0 atom stereocenters. The monoisotopic (exact) mass is 257 g/mol. The van der Waals surface area contributed by atoms with Crippen molar-refractivity contribution in [3.8, 4) is 0 Å². The molecule has 0 fully saturated rings. The number of carboxylic acids is 1. The Morgan fingerprint density at radius 2 is 1.94 bits per heavy atom. The minimum absolute atomic E-state index is 0. The standard InChI is InChI=1S/C12H17N3O2.Na/c1-8-6-10(13)11(7-9(8)2)15-14-5-3-4-12(16)17;/h6-7H,3-5,13H2,1-2H3,(H,16,17);/q;+1/p-1. The average Bonchev–Trinajstić information content (AvgIpc) is 2.24. The van der Waals surface area contributed by atoms with E-state index in [1.54, 1.807) is 0 Å². The Balaban J connectivity index is 0.00000289. The zero-order valence-electron chi connectivity index (χ0n) is 11.1. The minimum atomic E-state index is -1.06. The van der Waals surface area contributed by atoms with E-state index in [0.717, 1.165) is 11.1 Å². The van der Waals surface area contributed by atoms with Gasteiger partial charge in [-0.15, -0.1) is 0 Å². The Hall–Kier alpha value is -0.910. The van der Waals surface area contributed by atoms with Gasteiger partial charge in [0.25, 0.3) is 0 Å². The third-order valence-electron chi connectivity index (χ3n) is 2.46. The molecule has 0 unspecified atom stereocenters. The van der Waals surface area contributed by atoms with Gasteiger partial charge in [-0.05, 0) is 49.9 Å². The summed E-state index contributed by atoms with van der Waals surface area (Å²) in [5.74, 6) is -1.06. The van der Waals surface area contributed by atoms with E-state index in [1.165, 1.54) is 0 Å². The number of nitrogen functional groups attached to an aromatic ring is 1. The Morgan fingerprint density at radius 3 is 2.56 bits per heavy atom. The molecule has 0 radical (unpaired) electrons. The first kappa shape index (κ1) is 17.1. The Labute approximate surface area is 129 Å². The second kappa shape index (κ2) is 8.24. The molecule has 0 aliphatic carbocycles. The smallest absolute Gasteiger partial charge is 0.550 e. The van der Waals surface area contributed by atoms with Crippen LogP contribution in [-0.2, 0) is 4.79 Å². The summed E-state index contributed by atoms with van der Waals surface area (Å²) in [5, 5.41) is 18.1. The van der Waals surface area contributed by atoms with Crippen LogP contribution < -0.4 is 40.4 Å². The van der Waals surface area contributed by atoms with Crippen molar-refractivity contribution >= 4 is 17.3 Å². The van der Waals surface area contributed by atoms with E-state index in [-0.39, 0.29) is 36.0 Å². The summed E-state index contributed by atoms with van der Waals surface area (Å²) >= 11 is 0. The number of carboxylic acid groups (broad SMARTS) is 1. The molecule has 0 spiro atoms. The molecule has 0 aliphatic rings. The molecule has 1 rings (SSSR count). The van der Waals surface area contributed by atoms with E-state index in [1.807, 2.05) is 26.0 Å². The molecule has 1 aromatic rings. The molecule has 0 saturated heterocycles.